The topological polar surface area (TPSA) is 99.9 Å². The summed E-state index contributed by atoms with van der Waals surface area (Å²) < 4.78 is 1.77. The first-order valence-corrected chi connectivity index (χ1v) is 8.53. The van der Waals surface area contributed by atoms with E-state index < -0.39 is 6.10 Å². The van der Waals surface area contributed by atoms with Crippen LogP contribution in [0.5, 0.6) is 0 Å². The molecule has 0 saturated carbocycles. The van der Waals surface area contributed by atoms with Gasteiger partial charge in [-0.2, -0.15) is 5.10 Å². The van der Waals surface area contributed by atoms with Crippen LogP contribution in [0, 0.1) is 12.8 Å². The number of aryl methyl sites for hydroxylation is 1. The molecule has 2 aromatic heterocycles. The largest absolute Gasteiger partial charge is 0.391 e. The van der Waals surface area contributed by atoms with Crippen LogP contribution in [0.3, 0.4) is 0 Å². The fourth-order valence-corrected chi connectivity index (χ4v) is 3.36. The molecule has 0 spiro atoms. The number of carbonyl (C=O) groups is 1. The van der Waals surface area contributed by atoms with Crippen molar-refractivity contribution in [2.24, 2.45) is 5.92 Å². The van der Waals surface area contributed by atoms with Crippen molar-refractivity contribution < 1.29 is 9.90 Å². The number of aliphatic hydroxyl groups excluding tert-OH is 1. The summed E-state index contributed by atoms with van der Waals surface area (Å²) in [6.45, 7) is 2.82. The van der Waals surface area contributed by atoms with Gasteiger partial charge in [-0.3, -0.25) is 14.5 Å². The molecule has 1 saturated heterocycles. The van der Waals surface area contributed by atoms with Gasteiger partial charge in [-0.15, -0.1) is 10.2 Å². The zero-order valence-electron chi connectivity index (χ0n) is 14.4. The van der Waals surface area contributed by atoms with Crippen molar-refractivity contribution in [2.75, 3.05) is 13.1 Å². The molecular weight excluding hydrogens is 332 g/mol. The van der Waals surface area contributed by atoms with E-state index in [-0.39, 0.29) is 11.8 Å². The normalized spacial score (nSPS) is 19.8. The van der Waals surface area contributed by atoms with E-state index in [1.54, 1.807) is 34.3 Å². The maximum absolute atomic E-state index is 12.8. The number of aromatic nitrogens is 5. The molecule has 3 heterocycles. The van der Waals surface area contributed by atoms with Gasteiger partial charge in [0.2, 0.25) is 0 Å². The highest BCUT2D eigenvalue weighted by Gasteiger charge is 2.34. The molecule has 26 heavy (non-hydrogen) atoms. The zero-order valence-corrected chi connectivity index (χ0v) is 14.4. The minimum absolute atomic E-state index is 0.00190. The van der Waals surface area contributed by atoms with Crippen LogP contribution < -0.4 is 0 Å². The van der Waals surface area contributed by atoms with Gasteiger partial charge in [0.25, 0.3) is 5.91 Å². The molecule has 1 aromatic carbocycles. The van der Waals surface area contributed by atoms with Gasteiger partial charge >= 0.3 is 0 Å². The number of amides is 1. The Hall–Kier alpha value is -3.00. The van der Waals surface area contributed by atoms with Gasteiger partial charge in [-0.05, 0) is 43.7 Å². The number of hydrogen-bond acceptors (Lipinski definition) is 5. The van der Waals surface area contributed by atoms with Crippen LogP contribution in [0.25, 0.3) is 5.69 Å². The Labute approximate surface area is 150 Å². The number of carbonyl (C=O) groups excluding carboxylic acids is 1. The van der Waals surface area contributed by atoms with Gasteiger partial charge in [0.15, 0.2) is 0 Å². The Morgan fingerprint density at radius 1 is 1.23 bits per heavy atom. The van der Waals surface area contributed by atoms with E-state index in [1.165, 1.54) is 0 Å². The minimum atomic E-state index is -0.535. The smallest absolute Gasteiger partial charge is 0.253 e. The maximum Gasteiger partial charge on any atom is 0.253 e. The van der Waals surface area contributed by atoms with E-state index in [2.05, 4.69) is 20.4 Å². The highest BCUT2D eigenvalue weighted by molar-refractivity contribution is 5.94. The summed E-state index contributed by atoms with van der Waals surface area (Å²) in [7, 11) is 0. The minimum Gasteiger partial charge on any atom is -0.391 e. The number of nitrogens with one attached hydrogen (secondary N) is 1. The Morgan fingerprint density at radius 2 is 1.96 bits per heavy atom. The Balaban J connectivity index is 1.43. The number of benzene rings is 1. The molecule has 8 nitrogen and oxygen atoms in total. The fraction of sp³-hybridized carbons (Fsp3) is 0.333. The summed E-state index contributed by atoms with van der Waals surface area (Å²) in [6.07, 6.45) is 3.33. The lowest BCUT2D eigenvalue weighted by Gasteiger charge is -2.16. The van der Waals surface area contributed by atoms with E-state index in [0.29, 0.717) is 25.1 Å². The van der Waals surface area contributed by atoms with Crippen molar-refractivity contribution >= 4 is 5.91 Å². The molecule has 8 heteroatoms. The third-order valence-electron chi connectivity index (χ3n) is 4.76. The van der Waals surface area contributed by atoms with Crippen LogP contribution in [0.2, 0.25) is 0 Å². The van der Waals surface area contributed by atoms with Crippen LogP contribution in [-0.2, 0) is 6.42 Å². The molecule has 0 radical (unpaired) electrons. The Bertz CT molecular complexity index is 887. The third-order valence-corrected chi connectivity index (χ3v) is 4.76. The van der Waals surface area contributed by atoms with Gasteiger partial charge in [0.05, 0.1) is 11.8 Å². The van der Waals surface area contributed by atoms with E-state index >= 15 is 0 Å². The van der Waals surface area contributed by atoms with Gasteiger partial charge in [0.1, 0.15) is 12.7 Å². The van der Waals surface area contributed by atoms with Crippen LogP contribution in [0.15, 0.2) is 43.0 Å². The molecule has 1 amide bonds. The zero-order chi connectivity index (χ0) is 18.1. The molecule has 0 bridgehead atoms. The summed E-state index contributed by atoms with van der Waals surface area (Å²) in [5.41, 5.74) is 3.40. The molecular formula is C18H20N6O2. The summed E-state index contributed by atoms with van der Waals surface area (Å²) in [6, 6.07) is 9.25. The number of H-pyrrole nitrogens is 1. The first kappa shape index (κ1) is 16.5. The number of likely N-dealkylation sites (tertiary alicyclic amines) is 1. The lowest BCUT2D eigenvalue weighted by atomic mass is 10.0. The van der Waals surface area contributed by atoms with Crippen molar-refractivity contribution in [2.45, 2.75) is 19.4 Å². The van der Waals surface area contributed by atoms with Gasteiger partial charge in [-0.25, -0.2) is 0 Å². The summed E-state index contributed by atoms with van der Waals surface area (Å²) in [5, 5.41) is 25.0. The quantitative estimate of drug-likeness (QED) is 0.729. The van der Waals surface area contributed by atoms with E-state index in [0.717, 1.165) is 17.1 Å². The lowest BCUT2D eigenvalue weighted by molar-refractivity contribution is 0.0764. The number of aromatic amines is 1. The predicted octanol–water partition coefficient (Wildman–Crippen LogP) is 0.974. The number of rotatable bonds is 4. The molecule has 1 aliphatic heterocycles. The number of nitrogens with zero attached hydrogens (tertiary/aromatic N) is 5. The molecule has 1 aliphatic rings. The predicted molar refractivity (Wildman–Crippen MR) is 93.8 cm³/mol. The van der Waals surface area contributed by atoms with Crippen LogP contribution >= 0.6 is 0 Å². The average Bonchev–Trinajstić information content (AvgIpc) is 3.38. The number of hydrogen-bond donors (Lipinski definition) is 2. The maximum atomic E-state index is 12.8. The van der Waals surface area contributed by atoms with Crippen molar-refractivity contribution in [3.05, 3.63) is 59.9 Å². The van der Waals surface area contributed by atoms with E-state index in [4.69, 9.17) is 0 Å². The van der Waals surface area contributed by atoms with Crippen molar-refractivity contribution in [1.29, 1.82) is 0 Å². The number of aliphatic hydroxyl groups is 1. The highest BCUT2D eigenvalue weighted by atomic mass is 16.3. The summed E-state index contributed by atoms with van der Waals surface area (Å²) >= 11 is 0. The van der Waals surface area contributed by atoms with Crippen molar-refractivity contribution in [3.63, 3.8) is 0 Å². The molecule has 134 valence electrons. The third kappa shape index (κ3) is 3.23. The molecule has 4 rings (SSSR count). The molecule has 3 aromatic rings. The second kappa shape index (κ2) is 6.72. The van der Waals surface area contributed by atoms with E-state index in [1.807, 2.05) is 25.1 Å². The van der Waals surface area contributed by atoms with Crippen LogP contribution in [0.4, 0.5) is 0 Å². The van der Waals surface area contributed by atoms with Gasteiger partial charge in [-0.1, -0.05) is 0 Å². The SMILES string of the molecule is Cc1cc(C[C@@H]2CN(C(=O)c3ccc(-n4cnnc4)cc3)C[C@H]2O)n[nH]1. The molecule has 2 atom stereocenters. The molecule has 0 unspecified atom stereocenters. The first-order valence-electron chi connectivity index (χ1n) is 8.53. The van der Waals surface area contributed by atoms with Crippen molar-refractivity contribution in [3.8, 4) is 5.69 Å². The van der Waals surface area contributed by atoms with Gasteiger partial charge < -0.3 is 10.0 Å². The second-order valence-electron chi connectivity index (χ2n) is 6.70. The standard InChI is InChI=1S/C18H20N6O2/c1-12-6-15(22-21-12)7-14-8-23(9-17(14)25)18(26)13-2-4-16(5-3-13)24-10-19-20-11-24/h2-6,10-11,14,17,25H,7-9H2,1H3,(H,21,22)/t14-,17-/m1/s1. The number of β-amino-alcohol motifs (C(OH)–C–C–N with tert-alkyl or cyclic N) is 1. The first-order chi connectivity index (χ1) is 12.6. The monoisotopic (exact) mass is 352 g/mol. The molecule has 0 aliphatic carbocycles. The fourth-order valence-electron chi connectivity index (χ4n) is 3.36. The molecule has 1 fully saturated rings. The second-order valence-corrected chi connectivity index (χ2v) is 6.70. The van der Waals surface area contributed by atoms with Crippen molar-refractivity contribution in [1.82, 2.24) is 29.9 Å². The highest BCUT2D eigenvalue weighted by Crippen LogP contribution is 2.23. The van der Waals surface area contributed by atoms with Gasteiger partial charge in [0, 0.05) is 36.0 Å². The van der Waals surface area contributed by atoms with Crippen LogP contribution in [0.1, 0.15) is 21.7 Å². The van der Waals surface area contributed by atoms with Crippen LogP contribution in [-0.4, -0.2) is 60.1 Å². The summed E-state index contributed by atoms with van der Waals surface area (Å²) in [5.74, 6) is -0.0713. The van der Waals surface area contributed by atoms with E-state index in [9.17, 15) is 9.90 Å². The Kier molecular flexibility index (Phi) is 4.26. The lowest BCUT2D eigenvalue weighted by Crippen LogP contribution is -2.29. The summed E-state index contributed by atoms with van der Waals surface area (Å²) in [4.78, 5) is 14.5. The average molecular weight is 352 g/mol. The Morgan fingerprint density at radius 3 is 2.62 bits per heavy atom. The molecule has 2 N–H and O–H groups in total.